The van der Waals surface area contributed by atoms with Crippen molar-refractivity contribution >= 4 is 11.6 Å². The van der Waals surface area contributed by atoms with E-state index in [1.165, 1.54) is 0 Å². The number of rotatable bonds is 5. The van der Waals surface area contributed by atoms with Crippen molar-refractivity contribution in [1.29, 1.82) is 0 Å². The zero-order valence-electron chi connectivity index (χ0n) is 13.6. The van der Waals surface area contributed by atoms with Crippen LogP contribution in [-0.4, -0.2) is 61.2 Å². The van der Waals surface area contributed by atoms with Crippen LogP contribution in [0.3, 0.4) is 0 Å². The first-order valence-electron chi connectivity index (χ1n) is 7.79. The molecule has 1 aliphatic heterocycles. The molecule has 118 valence electrons. The number of anilines is 2. The number of ether oxygens (including phenoxy) is 1. The summed E-state index contributed by atoms with van der Waals surface area (Å²) in [5.41, 5.74) is 0. The number of likely N-dealkylation sites (N-methyl/N-ethyl adjacent to an activating group) is 1. The van der Waals surface area contributed by atoms with Crippen LogP contribution in [0, 0.1) is 0 Å². The van der Waals surface area contributed by atoms with E-state index in [1.807, 2.05) is 0 Å². The molecule has 1 atom stereocenters. The summed E-state index contributed by atoms with van der Waals surface area (Å²) in [7, 11) is 3.88. The first-order valence-corrected chi connectivity index (χ1v) is 7.79. The number of nitrogens with one attached hydrogen (secondary N) is 1. The maximum absolute atomic E-state index is 5.60. The number of hydrogen-bond acceptors (Lipinski definition) is 6. The van der Waals surface area contributed by atoms with Crippen molar-refractivity contribution in [3.63, 3.8) is 0 Å². The minimum atomic E-state index is 0.454. The van der Waals surface area contributed by atoms with E-state index in [9.17, 15) is 0 Å². The highest BCUT2D eigenvalue weighted by molar-refractivity contribution is 5.65. The molecule has 1 aromatic rings. The quantitative estimate of drug-likeness (QED) is 0.894. The monoisotopic (exact) mass is 293 g/mol. The van der Waals surface area contributed by atoms with Gasteiger partial charge >= 0.3 is 0 Å². The molecule has 1 unspecified atom stereocenters. The lowest BCUT2D eigenvalue weighted by atomic mass is 10.2. The minimum Gasteiger partial charge on any atom is -0.490 e. The van der Waals surface area contributed by atoms with Crippen molar-refractivity contribution in [2.45, 2.75) is 32.7 Å². The smallest absolute Gasteiger partial charge is 0.204 e. The molecule has 1 fully saturated rings. The Kier molecular flexibility index (Phi) is 5.61. The van der Waals surface area contributed by atoms with Crippen LogP contribution in [0.15, 0.2) is 6.33 Å². The Morgan fingerprint density at radius 3 is 2.81 bits per heavy atom. The van der Waals surface area contributed by atoms with E-state index in [1.54, 1.807) is 13.4 Å². The molecule has 6 heteroatoms. The van der Waals surface area contributed by atoms with Crippen LogP contribution in [0.25, 0.3) is 0 Å². The third-order valence-electron chi connectivity index (χ3n) is 3.98. The van der Waals surface area contributed by atoms with Crippen molar-refractivity contribution in [2.24, 2.45) is 0 Å². The van der Waals surface area contributed by atoms with Crippen LogP contribution in [0.2, 0.25) is 0 Å². The maximum Gasteiger partial charge on any atom is 0.204 e. The van der Waals surface area contributed by atoms with Crippen LogP contribution in [-0.2, 0) is 0 Å². The lowest BCUT2D eigenvalue weighted by Gasteiger charge is -2.32. The third kappa shape index (κ3) is 3.56. The van der Waals surface area contributed by atoms with Crippen molar-refractivity contribution in [3.8, 4) is 5.75 Å². The second-order valence-electron chi connectivity index (χ2n) is 5.48. The first-order chi connectivity index (χ1) is 10.2. The summed E-state index contributed by atoms with van der Waals surface area (Å²) in [6.45, 7) is 8.28. The molecule has 2 heterocycles. The zero-order chi connectivity index (χ0) is 15.2. The van der Waals surface area contributed by atoms with Gasteiger partial charge in [0.2, 0.25) is 5.75 Å². The van der Waals surface area contributed by atoms with Crippen LogP contribution < -0.4 is 15.0 Å². The Bertz CT molecular complexity index is 454. The van der Waals surface area contributed by atoms with Crippen LogP contribution in [0.5, 0.6) is 5.75 Å². The Balaban J connectivity index is 2.36. The van der Waals surface area contributed by atoms with Gasteiger partial charge in [0.05, 0.1) is 7.11 Å². The SMILES string of the molecule is CCNc1ncnc(N2CCCN(C)CC2CC)c1OC. The fourth-order valence-corrected chi connectivity index (χ4v) is 2.92. The van der Waals surface area contributed by atoms with Crippen LogP contribution in [0.1, 0.15) is 26.7 Å². The molecule has 1 aromatic heterocycles. The van der Waals surface area contributed by atoms with Crippen molar-refractivity contribution in [2.75, 3.05) is 50.6 Å². The van der Waals surface area contributed by atoms with Gasteiger partial charge in [-0.15, -0.1) is 0 Å². The van der Waals surface area contributed by atoms with Gasteiger partial charge in [0.15, 0.2) is 11.6 Å². The van der Waals surface area contributed by atoms with E-state index in [0.717, 1.165) is 56.4 Å². The Morgan fingerprint density at radius 1 is 1.33 bits per heavy atom. The van der Waals surface area contributed by atoms with E-state index < -0.39 is 0 Å². The zero-order valence-corrected chi connectivity index (χ0v) is 13.6. The van der Waals surface area contributed by atoms with Gasteiger partial charge in [-0.2, -0.15) is 0 Å². The molecule has 6 nitrogen and oxygen atoms in total. The van der Waals surface area contributed by atoms with E-state index in [-0.39, 0.29) is 0 Å². The van der Waals surface area contributed by atoms with E-state index >= 15 is 0 Å². The van der Waals surface area contributed by atoms with Gasteiger partial charge in [-0.3, -0.25) is 0 Å². The average Bonchev–Trinajstić information content (AvgIpc) is 2.68. The fourth-order valence-electron chi connectivity index (χ4n) is 2.92. The molecule has 2 rings (SSSR count). The molecule has 21 heavy (non-hydrogen) atoms. The molecule has 0 aliphatic carbocycles. The number of hydrogen-bond donors (Lipinski definition) is 1. The summed E-state index contributed by atoms with van der Waals surface area (Å²) in [5, 5.41) is 3.25. The summed E-state index contributed by atoms with van der Waals surface area (Å²) in [5.74, 6) is 2.44. The van der Waals surface area contributed by atoms with E-state index in [0.29, 0.717) is 6.04 Å². The molecule has 1 saturated heterocycles. The van der Waals surface area contributed by atoms with Crippen molar-refractivity contribution in [1.82, 2.24) is 14.9 Å². The summed E-state index contributed by atoms with van der Waals surface area (Å²) >= 11 is 0. The number of methoxy groups -OCH3 is 1. The van der Waals surface area contributed by atoms with Crippen molar-refractivity contribution in [3.05, 3.63) is 6.33 Å². The molecular weight excluding hydrogens is 266 g/mol. The topological polar surface area (TPSA) is 53.5 Å². The molecule has 1 aliphatic rings. The molecule has 0 bridgehead atoms. The van der Waals surface area contributed by atoms with Crippen LogP contribution in [0.4, 0.5) is 11.6 Å². The molecule has 0 amide bonds. The molecule has 0 radical (unpaired) electrons. The molecule has 0 aromatic carbocycles. The summed E-state index contributed by atoms with van der Waals surface area (Å²) in [6, 6.07) is 0.454. The average molecular weight is 293 g/mol. The van der Waals surface area contributed by atoms with E-state index in [4.69, 9.17) is 4.74 Å². The molecule has 0 spiro atoms. The van der Waals surface area contributed by atoms with E-state index in [2.05, 4.69) is 46.0 Å². The second kappa shape index (κ2) is 7.45. The number of nitrogens with zero attached hydrogens (tertiary/aromatic N) is 4. The second-order valence-corrected chi connectivity index (χ2v) is 5.48. The highest BCUT2D eigenvalue weighted by atomic mass is 16.5. The third-order valence-corrected chi connectivity index (χ3v) is 3.98. The molecular formula is C15H27N5O. The molecule has 1 N–H and O–H groups in total. The van der Waals surface area contributed by atoms with Gasteiger partial charge in [0.1, 0.15) is 6.33 Å². The fraction of sp³-hybridized carbons (Fsp3) is 0.733. The number of aromatic nitrogens is 2. The predicted molar refractivity (Wildman–Crippen MR) is 86.3 cm³/mol. The largest absolute Gasteiger partial charge is 0.490 e. The highest BCUT2D eigenvalue weighted by Crippen LogP contribution is 2.34. The van der Waals surface area contributed by atoms with Gasteiger partial charge in [-0.1, -0.05) is 6.92 Å². The minimum absolute atomic E-state index is 0.454. The first kappa shape index (κ1) is 15.8. The maximum atomic E-state index is 5.60. The Morgan fingerprint density at radius 2 is 2.14 bits per heavy atom. The lowest BCUT2D eigenvalue weighted by molar-refractivity contribution is 0.327. The van der Waals surface area contributed by atoms with Gasteiger partial charge in [0.25, 0.3) is 0 Å². The molecule has 0 saturated carbocycles. The Labute approximate surface area is 127 Å². The summed E-state index contributed by atoms with van der Waals surface area (Å²) in [6.07, 6.45) is 3.85. The highest BCUT2D eigenvalue weighted by Gasteiger charge is 2.26. The standard InChI is InChI=1S/C15H27N5O/c1-5-12-10-19(3)8-7-9-20(12)15-13(21-4)14(16-6-2)17-11-18-15/h11-12H,5-10H2,1-4H3,(H,16,17,18). The summed E-state index contributed by atoms with van der Waals surface area (Å²) < 4.78 is 5.60. The van der Waals surface area contributed by atoms with Gasteiger partial charge in [-0.25, -0.2) is 9.97 Å². The van der Waals surface area contributed by atoms with Gasteiger partial charge in [0, 0.05) is 25.7 Å². The normalized spacial score (nSPS) is 20.2. The summed E-state index contributed by atoms with van der Waals surface area (Å²) in [4.78, 5) is 13.6. The Hall–Kier alpha value is -1.56. The lowest BCUT2D eigenvalue weighted by Crippen LogP contribution is -2.40. The van der Waals surface area contributed by atoms with Gasteiger partial charge in [-0.05, 0) is 33.4 Å². The van der Waals surface area contributed by atoms with Crippen molar-refractivity contribution < 1.29 is 4.74 Å². The van der Waals surface area contributed by atoms with Crippen LogP contribution >= 0.6 is 0 Å². The predicted octanol–water partition coefficient (Wildman–Crippen LogP) is 1.84. The van der Waals surface area contributed by atoms with Gasteiger partial charge < -0.3 is 19.9 Å².